The highest BCUT2D eigenvalue weighted by Gasteiger charge is 2.31. The Bertz CT molecular complexity index is 673. The predicted octanol–water partition coefficient (Wildman–Crippen LogP) is 4.68. The number of halogens is 1. The van der Waals surface area contributed by atoms with E-state index in [0.717, 1.165) is 19.0 Å². The van der Waals surface area contributed by atoms with Crippen LogP contribution >= 0.6 is 15.9 Å². The van der Waals surface area contributed by atoms with Crippen molar-refractivity contribution < 1.29 is 0 Å². The van der Waals surface area contributed by atoms with Crippen molar-refractivity contribution >= 4 is 15.9 Å². The van der Waals surface area contributed by atoms with Gasteiger partial charge in [0.2, 0.25) is 0 Å². The maximum Gasteiger partial charge on any atom is 0.0178 e. The second-order valence-corrected chi connectivity index (χ2v) is 7.52. The summed E-state index contributed by atoms with van der Waals surface area (Å²) in [4.78, 5) is 0. The van der Waals surface area contributed by atoms with E-state index in [0.29, 0.717) is 5.92 Å². The van der Waals surface area contributed by atoms with Gasteiger partial charge in [0.05, 0.1) is 0 Å². The molecule has 22 heavy (non-hydrogen) atoms. The van der Waals surface area contributed by atoms with E-state index in [1.807, 2.05) is 0 Å². The van der Waals surface area contributed by atoms with E-state index in [2.05, 4.69) is 63.7 Å². The Balaban J connectivity index is 1.87. The Labute approximate surface area is 141 Å². The topological polar surface area (TPSA) is 12.0 Å². The molecule has 2 heteroatoms. The van der Waals surface area contributed by atoms with Crippen LogP contribution in [0.25, 0.3) is 0 Å². The van der Waals surface area contributed by atoms with E-state index in [1.165, 1.54) is 30.2 Å². The van der Waals surface area contributed by atoms with Gasteiger partial charge in [-0.2, -0.15) is 0 Å². The molecular formula is C20H22BrN. The molecular weight excluding hydrogens is 334 g/mol. The largest absolute Gasteiger partial charge is 0.317 e. The first kappa shape index (κ1) is 14.5. The molecule has 1 saturated heterocycles. The van der Waals surface area contributed by atoms with Gasteiger partial charge >= 0.3 is 0 Å². The molecule has 1 fully saturated rings. The van der Waals surface area contributed by atoms with Crippen LogP contribution in [-0.2, 0) is 12.8 Å². The Hall–Kier alpha value is -1.12. The van der Waals surface area contributed by atoms with Gasteiger partial charge in [0.15, 0.2) is 0 Å². The first-order chi connectivity index (χ1) is 10.8. The maximum atomic E-state index is 3.70. The molecule has 114 valence electrons. The third-order valence-corrected chi connectivity index (χ3v) is 5.85. The minimum Gasteiger partial charge on any atom is -0.317 e. The van der Waals surface area contributed by atoms with Crippen LogP contribution in [-0.4, -0.2) is 13.1 Å². The monoisotopic (exact) mass is 355 g/mol. The van der Waals surface area contributed by atoms with E-state index in [4.69, 9.17) is 0 Å². The number of nitrogens with one attached hydrogen (secondary N) is 1. The van der Waals surface area contributed by atoms with Crippen LogP contribution < -0.4 is 5.32 Å². The number of benzene rings is 2. The molecule has 0 bridgehead atoms. The van der Waals surface area contributed by atoms with Gasteiger partial charge in [-0.3, -0.25) is 0 Å². The van der Waals surface area contributed by atoms with Gasteiger partial charge in [0.25, 0.3) is 0 Å². The molecule has 0 aromatic heterocycles. The molecule has 0 amide bonds. The second-order valence-electron chi connectivity index (χ2n) is 6.61. The van der Waals surface area contributed by atoms with E-state index < -0.39 is 0 Å². The van der Waals surface area contributed by atoms with Crippen LogP contribution in [0.3, 0.4) is 0 Å². The lowest BCUT2D eigenvalue weighted by atomic mass is 9.75. The van der Waals surface area contributed by atoms with E-state index in [1.54, 1.807) is 22.3 Å². The summed E-state index contributed by atoms with van der Waals surface area (Å²) >= 11 is 3.70. The van der Waals surface area contributed by atoms with Gasteiger partial charge < -0.3 is 5.32 Å². The third kappa shape index (κ3) is 2.63. The Morgan fingerprint density at radius 3 is 2.41 bits per heavy atom. The fourth-order valence-electron chi connectivity index (χ4n) is 4.27. The number of rotatable bonds is 1. The van der Waals surface area contributed by atoms with Gasteiger partial charge in [0, 0.05) is 10.4 Å². The zero-order chi connectivity index (χ0) is 14.9. The molecule has 1 heterocycles. The van der Waals surface area contributed by atoms with Gasteiger partial charge in [-0.05, 0) is 79.1 Å². The molecule has 2 aromatic rings. The van der Waals surface area contributed by atoms with Crippen molar-refractivity contribution in [3.05, 3.63) is 69.2 Å². The summed E-state index contributed by atoms with van der Waals surface area (Å²) in [5.74, 6) is 1.32. The number of hydrogen-bond acceptors (Lipinski definition) is 1. The third-order valence-electron chi connectivity index (χ3n) is 5.35. The van der Waals surface area contributed by atoms with Crippen molar-refractivity contribution in [3.63, 3.8) is 0 Å². The van der Waals surface area contributed by atoms with Gasteiger partial charge in [0.1, 0.15) is 0 Å². The first-order valence-corrected chi connectivity index (χ1v) is 9.19. The number of hydrogen-bond donors (Lipinski definition) is 1. The molecule has 1 atom stereocenters. The fourth-order valence-corrected chi connectivity index (χ4v) is 4.65. The number of piperidine rings is 1. The van der Waals surface area contributed by atoms with E-state index in [-0.39, 0.29) is 0 Å². The Kier molecular flexibility index (Phi) is 4.06. The Morgan fingerprint density at radius 2 is 1.59 bits per heavy atom. The summed E-state index contributed by atoms with van der Waals surface area (Å²) in [5.41, 5.74) is 6.23. The molecule has 1 unspecified atom stereocenters. The highest BCUT2D eigenvalue weighted by molar-refractivity contribution is 9.10. The minimum absolute atomic E-state index is 0.563. The second kappa shape index (κ2) is 6.17. The summed E-state index contributed by atoms with van der Waals surface area (Å²) < 4.78 is 1.21. The quantitative estimate of drug-likeness (QED) is 0.782. The summed E-state index contributed by atoms with van der Waals surface area (Å²) in [7, 11) is 0. The zero-order valence-electron chi connectivity index (χ0n) is 12.8. The lowest BCUT2D eigenvalue weighted by Crippen LogP contribution is -2.31. The van der Waals surface area contributed by atoms with Crippen LogP contribution in [0.4, 0.5) is 0 Å². The molecule has 1 N–H and O–H groups in total. The Morgan fingerprint density at radius 1 is 0.864 bits per heavy atom. The minimum atomic E-state index is 0.563. The van der Waals surface area contributed by atoms with Crippen LogP contribution in [0, 0.1) is 5.92 Å². The highest BCUT2D eigenvalue weighted by atomic mass is 79.9. The van der Waals surface area contributed by atoms with Crippen LogP contribution in [0.2, 0.25) is 0 Å². The molecule has 0 spiro atoms. The fraction of sp³-hybridized carbons (Fsp3) is 0.400. The summed E-state index contributed by atoms with van der Waals surface area (Å²) in [6.07, 6.45) is 4.91. The van der Waals surface area contributed by atoms with Gasteiger partial charge in [-0.1, -0.05) is 46.3 Å². The lowest BCUT2D eigenvalue weighted by Gasteiger charge is -2.32. The van der Waals surface area contributed by atoms with Crippen LogP contribution in [0.5, 0.6) is 0 Å². The zero-order valence-corrected chi connectivity index (χ0v) is 14.4. The van der Waals surface area contributed by atoms with Crippen LogP contribution in [0.1, 0.15) is 41.0 Å². The number of aryl methyl sites for hydroxylation is 2. The van der Waals surface area contributed by atoms with Crippen molar-refractivity contribution in [2.75, 3.05) is 13.1 Å². The smallest absolute Gasteiger partial charge is 0.0178 e. The molecule has 2 aromatic carbocycles. The van der Waals surface area contributed by atoms with Gasteiger partial charge in [-0.15, -0.1) is 0 Å². The summed E-state index contributed by atoms with van der Waals surface area (Å²) in [6.45, 7) is 2.32. The highest BCUT2D eigenvalue weighted by Crippen LogP contribution is 2.42. The van der Waals surface area contributed by atoms with Crippen molar-refractivity contribution in [1.82, 2.24) is 5.32 Å². The SMILES string of the molecule is Brc1ccc2c(c1)C(C1CCNCC1)c1ccccc1CC2. The molecule has 1 nitrogen and oxygen atoms in total. The molecule has 4 rings (SSSR count). The molecule has 1 aliphatic heterocycles. The normalized spacial score (nSPS) is 21.8. The molecule has 1 aliphatic carbocycles. The van der Waals surface area contributed by atoms with Crippen LogP contribution in [0.15, 0.2) is 46.9 Å². The summed E-state index contributed by atoms with van der Waals surface area (Å²) in [5, 5.41) is 3.52. The van der Waals surface area contributed by atoms with Gasteiger partial charge in [-0.25, -0.2) is 0 Å². The average Bonchev–Trinajstić information content (AvgIpc) is 2.72. The molecule has 0 saturated carbocycles. The number of fused-ring (bicyclic) bond motifs is 2. The predicted molar refractivity (Wildman–Crippen MR) is 95.4 cm³/mol. The lowest BCUT2D eigenvalue weighted by molar-refractivity contribution is 0.342. The first-order valence-electron chi connectivity index (χ1n) is 8.40. The maximum absolute atomic E-state index is 3.70. The van der Waals surface area contributed by atoms with Crippen molar-refractivity contribution in [2.24, 2.45) is 5.92 Å². The van der Waals surface area contributed by atoms with Crippen molar-refractivity contribution in [3.8, 4) is 0 Å². The van der Waals surface area contributed by atoms with Crippen molar-refractivity contribution in [1.29, 1.82) is 0 Å². The van der Waals surface area contributed by atoms with E-state index in [9.17, 15) is 0 Å². The molecule has 0 radical (unpaired) electrons. The standard InChI is InChI=1S/C20H22BrN/c21-17-8-7-15-6-5-14-3-1-2-4-18(14)20(19(15)13-17)16-9-11-22-12-10-16/h1-4,7-8,13,16,20,22H,5-6,9-12H2. The molecule has 2 aliphatic rings. The van der Waals surface area contributed by atoms with E-state index >= 15 is 0 Å². The van der Waals surface area contributed by atoms with Crippen molar-refractivity contribution in [2.45, 2.75) is 31.6 Å². The summed E-state index contributed by atoms with van der Waals surface area (Å²) in [6, 6.07) is 16.0. The average molecular weight is 356 g/mol.